The van der Waals surface area contributed by atoms with Crippen LogP contribution in [0.1, 0.15) is 31.7 Å². The number of rotatable bonds is 3. The van der Waals surface area contributed by atoms with E-state index >= 15 is 0 Å². The van der Waals surface area contributed by atoms with Gasteiger partial charge in [-0.3, -0.25) is 0 Å². The highest BCUT2D eigenvalue weighted by atomic mass is 15.0. The Labute approximate surface area is 109 Å². The molecule has 1 N–H and O–H groups in total. The van der Waals surface area contributed by atoms with E-state index in [4.69, 9.17) is 0 Å². The van der Waals surface area contributed by atoms with E-state index in [0.29, 0.717) is 5.54 Å². The highest BCUT2D eigenvalue weighted by molar-refractivity contribution is 5.85. The minimum absolute atomic E-state index is 0.337. The summed E-state index contributed by atoms with van der Waals surface area (Å²) in [6, 6.07) is 15.4. The van der Waals surface area contributed by atoms with Crippen LogP contribution in [-0.2, 0) is 6.42 Å². The van der Waals surface area contributed by atoms with Crippen molar-refractivity contribution in [2.24, 2.45) is 0 Å². The van der Waals surface area contributed by atoms with Gasteiger partial charge in [0.2, 0.25) is 0 Å². The zero-order valence-corrected chi connectivity index (χ0v) is 11.1. The summed E-state index contributed by atoms with van der Waals surface area (Å²) < 4.78 is 0. The Hall–Kier alpha value is -1.34. The Morgan fingerprint density at radius 2 is 1.94 bits per heavy atom. The molecule has 0 amide bonds. The zero-order chi connectivity index (χ0) is 12.4. The predicted molar refractivity (Wildman–Crippen MR) is 77.9 cm³/mol. The molecule has 0 spiro atoms. The summed E-state index contributed by atoms with van der Waals surface area (Å²) in [5.74, 6) is 0. The maximum atomic E-state index is 3.73. The fraction of sp³-hybridized carbons (Fsp3) is 0.412. The van der Waals surface area contributed by atoms with Gasteiger partial charge in [-0.05, 0) is 48.6 Å². The molecule has 1 heteroatoms. The lowest BCUT2D eigenvalue weighted by molar-refractivity contribution is 0.361. The average Bonchev–Trinajstić information content (AvgIpc) is 2.88. The summed E-state index contributed by atoms with van der Waals surface area (Å²) in [7, 11) is 0. The lowest BCUT2D eigenvalue weighted by atomic mass is 9.85. The molecule has 94 valence electrons. The molecule has 1 fully saturated rings. The molecule has 0 aromatic heterocycles. The van der Waals surface area contributed by atoms with E-state index < -0.39 is 0 Å². The first-order valence-corrected chi connectivity index (χ1v) is 7.05. The summed E-state index contributed by atoms with van der Waals surface area (Å²) in [5, 5.41) is 6.51. The van der Waals surface area contributed by atoms with Gasteiger partial charge in [-0.2, -0.15) is 0 Å². The van der Waals surface area contributed by atoms with Gasteiger partial charge < -0.3 is 5.32 Å². The van der Waals surface area contributed by atoms with Gasteiger partial charge in [-0.15, -0.1) is 0 Å². The number of hydrogen-bond donors (Lipinski definition) is 1. The smallest absolute Gasteiger partial charge is 0.0219 e. The van der Waals surface area contributed by atoms with Crippen LogP contribution in [0.5, 0.6) is 0 Å². The molecule has 1 aliphatic rings. The van der Waals surface area contributed by atoms with Crippen LogP contribution in [0.3, 0.4) is 0 Å². The number of nitrogens with one attached hydrogen (secondary N) is 1. The van der Waals surface area contributed by atoms with Gasteiger partial charge in [0.1, 0.15) is 0 Å². The predicted octanol–water partition coefficient (Wildman–Crippen LogP) is 3.91. The van der Waals surface area contributed by atoms with Gasteiger partial charge in [0, 0.05) is 5.54 Å². The molecule has 1 atom stereocenters. The van der Waals surface area contributed by atoms with Crippen molar-refractivity contribution in [3.05, 3.63) is 48.0 Å². The molecule has 1 unspecified atom stereocenters. The lowest BCUT2D eigenvalue weighted by Gasteiger charge is -2.29. The van der Waals surface area contributed by atoms with Gasteiger partial charge in [-0.1, -0.05) is 49.4 Å². The van der Waals surface area contributed by atoms with Gasteiger partial charge in [0.05, 0.1) is 0 Å². The molecule has 1 heterocycles. The van der Waals surface area contributed by atoms with E-state index in [2.05, 4.69) is 54.7 Å². The maximum Gasteiger partial charge on any atom is 0.0219 e. The van der Waals surface area contributed by atoms with Crippen molar-refractivity contribution < 1.29 is 0 Å². The fourth-order valence-electron chi connectivity index (χ4n) is 3.26. The van der Waals surface area contributed by atoms with Crippen molar-refractivity contribution in [1.29, 1.82) is 0 Å². The van der Waals surface area contributed by atoms with E-state index in [9.17, 15) is 0 Å². The largest absolute Gasteiger partial charge is 0.311 e. The summed E-state index contributed by atoms with van der Waals surface area (Å²) in [5.41, 5.74) is 1.83. The molecule has 2 aromatic rings. The van der Waals surface area contributed by atoms with Crippen molar-refractivity contribution in [3.63, 3.8) is 0 Å². The lowest BCUT2D eigenvalue weighted by Crippen LogP contribution is -2.41. The highest BCUT2D eigenvalue weighted by Gasteiger charge is 2.31. The number of fused-ring (bicyclic) bond motifs is 1. The van der Waals surface area contributed by atoms with Crippen LogP contribution in [0, 0.1) is 0 Å². The first-order valence-electron chi connectivity index (χ1n) is 7.05. The fourth-order valence-corrected chi connectivity index (χ4v) is 3.26. The standard InChI is InChI=1S/C17H21N/c1-2-17(11-6-12-18-17)13-15-9-5-8-14-7-3-4-10-16(14)15/h3-5,7-10,18H,2,6,11-13H2,1H3. The summed E-state index contributed by atoms with van der Waals surface area (Å²) >= 11 is 0. The van der Waals surface area contributed by atoms with Gasteiger partial charge in [-0.25, -0.2) is 0 Å². The highest BCUT2D eigenvalue weighted by Crippen LogP contribution is 2.30. The van der Waals surface area contributed by atoms with Crippen molar-refractivity contribution >= 4 is 10.8 Å². The third-order valence-electron chi connectivity index (χ3n) is 4.42. The second-order valence-electron chi connectivity index (χ2n) is 5.48. The minimum Gasteiger partial charge on any atom is -0.311 e. The average molecular weight is 239 g/mol. The van der Waals surface area contributed by atoms with Gasteiger partial charge >= 0.3 is 0 Å². The monoisotopic (exact) mass is 239 g/mol. The summed E-state index contributed by atoms with van der Waals surface area (Å²) in [4.78, 5) is 0. The van der Waals surface area contributed by atoms with Crippen LogP contribution < -0.4 is 5.32 Å². The first-order chi connectivity index (χ1) is 8.83. The Bertz CT molecular complexity index is 533. The SMILES string of the molecule is CCC1(Cc2cccc3ccccc23)CCCN1. The Balaban J connectivity index is 1.99. The van der Waals surface area contributed by atoms with Crippen molar-refractivity contribution in [2.75, 3.05) is 6.54 Å². The third kappa shape index (κ3) is 2.04. The molecule has 0 radical (unpaired) electrons. The molecule has 1 saturated heterocycles. The van der Waals surface area contributed by atoms with Crippen molar-refractivity contribution in [1.82, 2.24) is 5.32 Å². The van der Waals surface area contributed by atoms with Crippen LogP contribution in [-0.4, -0.2) is 12.1 Å². The van der Waals surface area contributed by atoms with Crippen LogP contribution in [0.4, 0.5) is 0 Å². The molecular formula is C17H21N. The van der Waals surface area contributed by atoms with E-state index in [1.807, 2.05) is 0 Å². The maximum absolute atomic E-state index is 3.73. The second-order valence-corrected chi connectivity index (χ2v) is 5.48. The first kappa shape index (κ1) is 11.7. The van der Waals surface area contributed by atoms with E-state index in [1.165, 1.54) is 42.1 Å². The topological polar surface area (TPSA) is 12.0 Å². The molecule has 1 nitrogen and oxygen atoms in total. The molecular weight excluding hydrogens is 218 g/mol. The molecule has 2 aromatic carbocycles. The van der Waals surface area contributed by atoms with Crippen LogP contribution in [0.2, 0.25) is 0 Å². The van der Waals surface area contributed by atoms with E-state index in [1.54, 1.807) is 0 Å². The van der Waals surface area contributed by atoms with E-state index in [-0.39, 0.29) is 0 Å². The van der Waals surface area contributed by atoms with E-state index in [0.717, 1.165) is 6.42 Å². The van der Waals surface area contributed by atoms with Crippen LogP contribution >= 0.6 is 0 Å². The van der Waals surface area contributed by atoms with Crippen molar-refractivity contribution in [3.8, 4) is 0 Å². The minimum atomic E-state index is 0.337. The zero-order valence-electron chi connectivity index (χ0n) is 11.1. The Kier molecular flexibility index (Phi) is 3.09. The molecule has 0 bridgehead atoms. The molecule has 0 aliphatic carbocycles. The van der Waals surface area contributed by atoms with Crippen molar-refractivity contribution in [2.45, 2.75) is 38.1 Å². The Morgan fingerprint density at radius 1 is 1.11 bits per heavy atom. The third-order valence-corrected chi connectivity index (χ3v) is 4.42. The van der Waals surface area contributed by atoms with Crippen LogP contribution in [0.15, 0.2) is 42.5 Å². The summed E-state index contributed by atoms with van der Waals surface area (Å²) in [6.07, 6.45) is 5.01. The molecule has 1 aliphatic heterocycles. The molecule has 0 saturated carbocycles. The molecule has 18 heavy (non-hydrogen) atoms. The quantitative estimate of drug-likeness (QED) is 0.856. The van der Waals surface area contributed by atoms with Gasteiger partial charge in [0.25, 0.3) is 0 Å². The number of benzene rings is 2. The Morgan fingerprint density at radius 3 is 2.72 bits per heavy atom. The molecule has 3 rings (SSSR count). The summed E-state index contributed by atoms with van der Waals surface area (Å²) in [6.45, 7) is 3.49. The normalized spacial score (nSPS) is 23.6. The van der Waals surface area contributed by atoms with Crippen LogP contribution in [0.25, 0.3) is 10.8 Å². The number of hydrogen-bond acceptors (Lipinski definition) is 1. The van der Waals surface area contributed by atoms with Gasteiger partial charge in [0.15, 0.2) is 0 Å². The second kappa shape index (κ2) is 4.74.